The first kappa shape index (κ1) is 14.5. The largest absolute Gasteiger partial charge is 0.265 e. The summed E-state index contributed by atoms with van der Waals surface area (Å²) in [4.78, 5) is 0. The van der Waals surface area contributed by atoms with Crippen molar-refractivity contribution in [1.82, 2.24) is 9.78 Å². The van der Waals surface area contributed by atoms with Gasteiger partial charge in [-0.25, -0.2) is 4.39 Å². The molecule has 0 aliphatic heterocycles. The van der Waals surface area contributed by atoms with Crippen LogP contribution in [-0.4, -0.2) is 9.78 Å². The fraction of sp³-hybridized carbons (Fsp3) is 0.211. The molecule has 0 atom stereocenters. The highest BCUT2D eigenvalue weighted by molar-refractivity contribution is 5.59. The summed E-state index contributed by atoms with van der Waals surface area (Å²) < 4.78 is 14.7. The van der Waals surface area contributed by atoms with Crippen molar-refractivity contribution in [2.45, 2.75) is 26.6 Å². The highest BCUT2D eigenvalue weighted by atomic mass is 19.1. The van der Waals surface area contributed by atoms with Crippen molar-refractivity contribution in [3.05, 3.63) is 77.5 Å². The second-order valence-electron chi connectivity index (χ2n) is 5.35. The van der Waals surface area contributed by atoms with Gasteiger partial charge in [0, 0.05) is 11.3 Å². The number of aryl methyl sites for hydroxylation is 1. The Labute approximate surface area is 130 Å². The maximum absolute atomic E-state index is 12.6. The second-order valence-corrected chi connectivity index (χ2v) is 5.35. The van der Waals surface area contributed by atoms with Crippen molar-refractivity contribution in [3.63, 3.8) is 0 Å². The lowest BCUT2D eigenvalue weighted by atomic mass is 10.1. The van der Waals surface area contributed by atoms with E-state index in [1.165, 1.54) is 11.3 Å². The summed E-state index contributed by atoms with van der Waals surface area (Å²) in [6.07, 6.45) is 0.933. The topological polar surface area (TPSA) is 17.8 Å². The minimum atomic E-state index is -0.428. The Morgan fingerprint density at radius 2 is 1.68 bits per heavy atom. The molecular weight excluding hydrogens is 275 g/mol. The number of alkyl halides is 1. The van der Waals surface area contributed by atoms with Gasteiger partial charge in [0.05, 0.1) is 12.2 Å². The first-order valence-corrected chi connectivity index (χ1v) is 7.56. The van der Waals surface area contributed by atoms with E-state index in [2.05, 4.69) is 25.1 Å². The molecule has 3 rings (SSSR count). The van der Waals surface area contributed by atoms with Crippen LogP contribution in [0.3, 0.4) is 0 Å². The number of hydrogen-bond acceptors (Lipinski definition) is 1. The van der Waals surface area contributed by atoms with Crippen LogP contribution < -0.4 is 0 Å². The summed E-state index contributed by atoms with van der Waals surface area (Å²) in [7, 11) is 0. The zero-order valence-corrected chi connectivity index (χ0v) is 12.7. The lowest BCUT2D eigenvalue weighted by Crippen LogP contribution is -2.05. The molecule has 22 heavy (non-hydrogen) atoms. The third-order valence-electron chi connectivity index (χ3n) is 3.80. The minimum Gasteiger partial charge on any atom is -0.265 e. The predicted octanol–water partition coefficient (Wildman–Crippen LogP) is 4.63. The quantitative estimate of drug-likeness (QED) is 0.671. The van der Waals surface area contributed by atoms with Crippen molar-refractivity contribution in [3.8, 4) is 11.3 Å². The Morgan fingerprint density at radius 3 is 2.32 bits per heavy atom. The number of nitrogens with zero attached hydrogens (tertiary/aromatic N) is 2. The van der Waals surface area contributed by atoms with Gasteiger partial charge in [0.2, 0.25) is 0 Å². The van der Waals surface area contributed by atoms with Gasteiger partial charge in [0.25, 0.3) is 0 Å². The van der Waals surface area contributed by atoms with Gasteiger partial charge in [-0.05, 0) is 23.6 Å². The second kappa shape index (κ2) is 6.56. The van der Waals surface area contributed by atoms with E-state index in [0.717, 1.165) is 24.2 Å². The van der Waals surface area contributed by atoms with Gasteiger partial charge < -0.3 is 0 Å². The van der Waals surface area contributed by atoms with Crippen molar-refractivity contribution >= 4 is 0 Å². The van der Waals surface area contributed by atoms with Crippen molar-refractivity contribution in [2.75, 3.05) is 0 Å². The molecule has 0 spiro atoms. The summed E-state index contributed by atoms with van der Waals surface area (Å²) >= 11 is 0. The zero-order chi connectivity index (χ0) is 15.4. The Morgan fingerprint density at radius 1 is 0.955 bits per heavy atom. The molecule has 0 aliphatic rings. The Hall–Kier alpha value is -2.42. The molecule has 2 nitrogen and oxygen atoms in total. The molecule has 0 saturated carbocycles. The number of benzene rings is 2. The first-order chi connectivity index (χ1) is 10.8. The van der Waals surface area contributed by atoms with Crippen LogP contribution in [-0.2, 0) is 19.6 Å². The summed E-state index contributed by atoms with van der Waals surface area (Å²) in [5.74, 6) is 0. The van der Waals surface area contributed by atoms with Crippen LogP contribution in [0.25, 0.3) is 11.3 Å². The first-order valence-electron chi connectivity index (χ1n) is 7.56. The van der Waals surface area contributed by atoms with E-state index in [0.29, 0.717) is 5.56 Å². The molecule has 2 aromatic carbocycles. The third kappa shape index (κ3) is 3.08. The average Bonchev–Trinajstić information content (AvgIpc) is 2.99. The highest BCUT2D eigenvalue weighted by Crippen LogP contribution is 2.21. The van der Waals surface area contributed by atoms with Gasteiger partial charge in [-0.15, -0.1) is 0 Å². The standard InChI is InChI=1S/C19H19FN2/c1-2-18-12-19(17-10-8-15(13-20)9-11-17)21-22(18)14-16-6-4-3-5-7-16/h3-12H,2,13-14H2,1H3. The number of hydrogen-bond donors (Lipinski definition) is 0. The van der Waals surface area contributed by atoms with Crippen LogP contribution in [0, 0.1) is 0 Å². The van der Waals surface area contributed by atoms with E-state index in [1.54, 1.807) is 0 Å². The lowest BCUT2D eigenvalue weighted by molar-refractivity contribution is 0.485. The molecule has 0 amide bonds. The lowest BCUT2D eigenvalue weighted by Gasteiger charge is -2.05. The molecule has 0 radical (unpaired) electrons. The number of aromatic nitrogens is 2. The van der Waals surface area contributed by atoms with Gasteiger partial charge in [-0.3, -0.25) is 4.68 Å². The van der Waals surface area contributed by atoms with Gasteiger partial charge in [-0.2, -0.15) is 5.10 Å². The van der Waals surface area contributed by atoms with Crippen molar-refractivity contribution < 1.29 is 4.39 Å². The monoisotopic (exact) mass is 294 g/mol. The average molecular weight is 294 g/mol. The predicted molar refractivity (Wildman–Crippen MR) is 87.4 cm³/mol. The van der Waals surface area contributed by atoms with Crippen LogP contribution in [0.5, 0.6) is 0 Å². The third-order valence-corrected chi connectivity index (χ3v) is 3.80. The molecule has 0 fully saturated rings. The van der Waals surface area contributed by atoms with Crippen molar-refractivity contribution in [1.29, 1.82) is 0 Å². The van der Waals surface area contributed by atoms with E-state index < -0.39 is 6.67 Å². The fourth-order valence-electron chi connectivity index (χ4n) is 2.54. The minimum absolute atomic E-state index is 0.428. The molecule has 0 N–H and O–H groups in total. The van der Waals surface area contributed by atoms with E-state index >= 15 is 0 Å². The molecule has 112 valence electrons. The van der Waals surface area contributed by atoms with Gasteiger partial charge in [-0.1, -0.05) is 61.5 Å². The van der Waals surface area contributed by atoms with Gasteiger partial charge in [0.1, 0.15) is 6.67 Å². The zero-order valence-electron chi connectivity index (χ0n) is 12.7. The molecule has 0 unspecified atom stereocenters. The summed E-state index contributed by atoms with van der Waals surface area (Å²) in [6, 6.07) is 19.9. The summed E-state index contributed by atoms with van der Waals surface area (Å²) in [5.41, 5.74) is 5.10. The van der Waals surface area contributed by atoms with Crippen LogP contribution in [0.1, 0.15) is 23.7 Å². The summed E-state index contributed by atoms with van der Waals surface area (Å²) in [5, 5.41) is 4.72. The van der Waals surface area contributed by atoms with E-state index in [-0.39, 0.29) is 0 Å². The van der Waals surface area contributed by atoms with E-state index in [1.807, 2.05) is 47.1 Å². The SMILES string of the molecule is CCc1cc(-c2ccc(CF)cc2)nn1Cc1ccccc1. The van der Waals surface area contributed by atoms with Gasteiger partial charge >= 0.3 is 0 Å². The van der Waals surface area contributed by atoms with Crippen LogP contribution in [0.4, 0.5) is 4.39 Å². The Balaban J connectivity index is 1.90. The normalized spacial score (nSPS) is 10.8. The highest BCUT2D eigenvalue weighted by Gasteiger charge is 2.09. The van der Waals surface area contributed by atoms with Crippen LogP contribution in [0.2, 0.25) is 0 Å². The van der Waals surface area contributed by atoms with E-state index in [4.69, 9.17) is 5.10 Å². The van der Waals surface area contributed by atoms with E-state index in [9.17, 15) is 4.39 Å². The molecule has 0 saturated heterocycles. The maximum atomic E-state index is 12.6. The van der Waals surface area contributed by atoms with Crippen LogP contribution >= 0.6 is 0 Å². The summed E-state index contributed by atoms with van der Waals surface area (Å²) in [6.45, 7) is 2.48. The molecule has 1 aromatic heterocycles. The molecule has 0 aliphatic carbocycles. The number of halogens is 1. The Kier molecular flexibility index (Phi) is 4.33. The van der Waals surface area contributed by atoms with Gasteiger partial charge in [0.15, 0.2) is 0 Å². The molecular formula is C19H19FN2. The molecule has 0 bridgehead atoms. The maximum Gasteiger partial charge on any atom is 0.115 e. The number of rotatable bonds is 5. The molecule has 3 heteroatoms. The molecule has 3 aromatic rings. The smallest absolute Gasteiger partial charge is 0.115 e. The van der Waals surface area contributed by atoms with Crippen molar-refractivity contribution in [2.24, 2.45) is 0 Å². The fourth-order valence-corrected chi connectivity index (χ4v) is 2.54. The van der Waals surface area contributed by atoms with Crippen LogP contribution in [0.15, 0.2) is 60.7 Å². The molecule has 1 heterocycles. The Bertz CT molecular complexity index is 730.